The molecule has 1 aromatic rings. The molecule has 1 unspecified atom stereocenters. The second-order valence-electron chi connectivity index (χ2n) is 5.56. The predicted octanol–water partition coefficient (Wildman–Crippen LogP) is 1.81. The first-order chi connectivity index (χ1) is 10.1. The molecule has 1 atom stereocenters. The summed E-state index contributed by atoms with van der Waals surface area (Å²) in [6.45, 7) is 1.55. The minimum atomic E-state index is -3.53. The molecule has 2 heterocycles. The predicted molar refractivity (Wildman–Crippen MR) is 79.0 cm³/mol. The standard InChI is InChI=1S/C15H21NO4S/c1-19-11-13-6-2-3-9-16(13)21(17,18)14-7-4-5-12-8-10-20-15(12)14/h4-5,7,13H,2-3,6,8-11H2,1H3. The number of piperidine rings is 1. The molecule has 21 heavy (non-hydrogen) atoms. The number of rotatable bonds is 4. The Hall–Kier alpha value is -1.11. The summed E-state index contributed by atoms with van der Waals surface area (Å²) in [4.78, 5) is 0.306. The highest BCUT2D eigenvalue weighted by Gasteiger charge is 2.36. The van der Waals surface area contributed by atoms with Gasteiger partial charge in [-0.05, 0) is 24.5 Å². The van der Waals surface area contributed by atoms with Crippen molar-refractivity contribution in [3.8, 4) is 5.75 Å². The van der Waals surface area contributed by atoms with Crippen LogP contribution in [0.2, 0.25) is 0 Å². The van der Waals surface area contributed by atoms with Crippen molar-refractivity contribution in [2.75, 3.05) is 26.9 Å². The summed E-state index contributed by atoms with van der Waals surface area (Å²) < 4.78 is 38.4. The number of nitrogens with zero attached hydrogens (tertiary/aromatic N) is 1. The summed E-state index contributed by atoms with van der Waals surface area (Å²) >= 11 is 0. The Labute approximate surface area is 125 Å². The van der Waals surface area contributed by atoms with Crippen molar-refractivity contribution in [2.24, 2.45) is 0 Å². The minimum absolute atomic E-state index is 0.0778. The van der Waals surface area contributed by atoms with Crippen LogP contribution >= 0.6 is 0 Å². The van der Waals surface area contributed by atoms with Crippen LogP contribution in [0.4, 0.5) is 0 Å². The largest absolute Gasteiger partial charge is 0.492 e. The lowest BCUT2D eigenvalue weighted by atomic mass is 10.1. The molecule has 0 saturated carbocycles. The summed E-state index contributed by atoms with van der Waals surface area (Å²) in [6.07, 6.45) is 3.57. The van der Waals surface area contributed by atoms with Gasteiger partial charge in [-0.3, -0.25) is 0 Å². The summed E-state index contributed by atoms with van der Waals surface area (Å²) in [5.41, 5.74) is 0.983. The van der Waals surface area contributed by atoms with Gasteiger partial charge in [-0.25, -0.2) is 8.42 Å². The third-order valence-corrected chi connectivity index (χ3v) is 6.17. The number of benzene rings is 1. The van der Waals surface area contributed by atoms with Crippen molar-refractivity contribution in [1.82, 2.24) is 4.31 Å². The van der Waals surface area contributed by atoms with E-state index in [1.807, 2.05) is 6.07 Å². The average molecular weight is 311 g/mol. The molecule has 0 aliphatic carbocycles. The van der Waals surface area contributed by atoms with E-state index < -0.39 is 10.0 Å². The maximum Gasteiger partial charge on any atom is 0.247 e. The van der Waals surface area contributed by atoms with Crippen LogP contribution in [0, 0.1) is 0 Å². The maximum absolute atomic E-state index is 13.0. The van der Waals surface area contributed by atoms with Crippen LogP contribution in [0.1, 0.15) is 24.8 Å². The van der Waals surface area contributed by atoms with Crippen molar-refractivity contribution >= 4 is 10.0 Å². The molecule has 1 aromatic carbocycles. The summed E-state index contributed by atoms with van der Waals surface area (Å²) in [5.74, 6) is 0.541. The van der Waals surface area contributed by atoms with Gasteiger partial charge in [-0.1, -0.05) is 18.6 Å². The molecule has 0 aromatic heterocycles. The van der Waals surface area contributed by atoms with Gasteiger partial charge < -0.3 is 9.47 Å². The van der Waals surface area contributed by atoms with Gasteiger partial charge in [0, 0.05) is 26.1 Å². The Kier molecular flexibility index (Phi) is 4.19. The number of ether oxygens (including phenoxy) is 2. The lowest BCUT2D eigenvalue weighted by Gasteiger charge is -2.34. The molecule has 2 aliphatic rings. The monoisotopic (exact) mass is 311 g/mol. The zero-order valence-corrected chi connectivity index (χ0v) is 13.1. The Bertz CT molecular complexity index is 612. The highest BCUT2D eigenvalue weighted by atomic mass is 32.2. The molecule has 3 rings (SSSR count). The third kappa shape index (κ3) is 2.67. The number of sulfonamides is 1. The third-order valence-electron chi connectivity index (χ3n) is 4.20. The molecule has 1 saturated heterocycles. The number of hydrogen-bond donors (Lipinski definition) is 0. The van der Waals surface area contributed by atoms with Gasteiger partial charge in [0.2, 0.25) is 10.0 Å². The van der Waals surface area contributed by atoms with Crippen molar-refractivity contribution in [3.63, 3.8) is 0 Å². The molecule has 0 spiro atoms. The van der Waals surface area contributed by atoms with Crippen molar-refractivity contribution in [2.45, 2.75) is 36.6 Å². The average Bonchev–Trinajstić information content (AvgIpc) is 2.96. The van der Waals surface area contributed by atoms with Gasteiger partial charge in [0.1, 0.15) is 10.6 Å². The van der Waals surface area contributed by atoms with Crippen LogP contribution in [-0.4, -0.2) is 45.6 Å². The second-order valence-corrected chi connectivity index (χ2v) is 7.42. The molecule has 116 valence electrons. The Morgan fingerprint density at radius 3 is 3.05 bits per heavy atom. The van der Waals surface area contributed by atoms with Gasteiger partial charge >= 0.3 is 0 Å². The van der Waals surface area contributed by atoms with Crippen LogP contribution in [-0.2, 0) is 21.2 Å². The van der Waals surface area contributed by atoms with Gasteiger partial charge in [0.25, 0.3) is 0 Å². The van der Waals surface area contributed by atoms with Crippen LogP contribution in [0.5, 0.6) is 5.75 Å². The van der Waals surface area contributed by atoms with Crippen LogP contribution < -0.4 is 4.74 Å². The molecule has 2 aliphatic heterocycles. The van der Waals surface area contributed by atoms with E-state index in [4.69, 9.17) is 9.47 Å². The van der Waals surface area contributed by atoms with Gasteiger partial charge in [0.15, 0.2) is 0 Å². The fourth-order valence-corrected chi connectivity index (χ4v) is 5.02. The summed E-state index contributed by atoms with van der Waals surface area (Å²) in [5, 5.41) is 0. The molecule has 6 heteroatoms. The normalized spacial score (nSPS) is 22.8. The molecule has 0 amide bonds. The van der Waals surface area contributed by atoms with Gasteiger partial charge in [0.05, 0.1) is 13.2 Å². The van der Waals surface area contributed by atoms with Crippen molar-refractivity contribution in [3.05, 3.63) is 23.8 Å². The number of methoxy groups -OCH3 is 1. The number of para-hydroxylation sites is 1. The molecular weight excluding hydrogens is 290 g/mol. The molecule has 0 radical (unpaired) electrons. The first-order valence-electron chi connectivity index (χ1n) is 7.40. The quantitative estimate of drug-likeness (QED) is 0.851. The van der Waals surface area contributed by atoms with Gasteiger partial charge in [-0.15, -0.1) is 0 Å². The Morgan fingerprint density at radius 1 is 1.38 bits per heavy atom. The van der Waals surface area contributed by atoms with Crippen LogP contribution in [0.15, 0.2) is 23.1 Å². The molecule has 5 nitrogen and oxygen atoms in total. The SMILES string of the molecule is COCC1CCCCN1S(=O)(=O)c1cccc2c1OCC2. The zero-order valence-electron chi connectivity index (χ0n) is 12.2. The van der Waals surface area contributed by atoms with E-state index in [0.29, 0.717) is 30.4 Å². The van der Waals surface area contributed by atoms with Crippen LogP contribution in [0.3, 0.4) is 0 Å². The van der Waals surface area contributed by atoms with Crippen molar-refractivity contribution in [1.29, 1.82) is 0 Å². The topological polar surface area (TPSA) is 55.8 Å². The van der Waals surface area contributed by atoms with E-state index >= 15 is 0 Å². The highest BCUT2D eigenvalue weighted by molar-refractivity contribution is 7.89. The van der Waals surface area contributed by atoms with E-state index in [2.05, 4.69) is 0 Å². The summed E-state index contributed by atoms with van der Waals surface area (Å²) in [6, 6.07) is 5.31. The fraction of sp³-hybridized carbons (Fsp3) is 0.600. The first-order valence-corrected chi connectivity index (χ1v) is 8.84. The van der Waals surface area contributed by atoms with E-state index in [9.17, 15) is 8.42 Å². The number of fused-ring (bicyclic) bond motifs is 1. The zero-order chi connectivity index (χ0) is 14.9. The van der Waals surface area contributed by atoms with Crippen molar-refractivity contribution < 1.29 is 17.9 Å². The second kappa shape index (κ2) is 5.94. The maximum atomic E-state index is 13.0. The van der Waals surface area contributed by atoms with E-state index in [-0.39, 0.29) is 6.04 Å². The Balaban J connectivity index is 1.98. The smallest absolute Gasteiger partial charge is 0.247 e. The Morgan fingerprint density at radius 2 is 2.24 bits per heavy atom. The van der Waals surface area contributed by atoms with E-state index in [1.165, 1.54) is 0 Å². The van der Waals surface area contributed by atoms with E-state index in [0.717, 1.165) is 31.2 Å². The molecular formula is C15H21NO4S. The lowest BCUT2D eigenvalue weighted by molar-refractivity contribution is 0.112. The highest BCUT2D eigenvalue weighted by Crippen LogP contribution is 2.36. The van der Waals surface area contributed by atoms with Crippen LogP contribution in [0.25, 0.3) is 0 Å². The van der Waals surface area contributed by atoms with E-state index in [1.54, 1.807) is 23.5 Å². The fourth-order valence-electron chi connectivity index (χ4n) is 3.16. The molecule has 0 bridgehead atoms. The number of hydrogen-bond acceptors (Lipinski definition) is 4. The van der Waals surface area contributed by atoms with Gasteiger partial charge in [-0.2, -0.15) is 4.31 Å². The summed E-state index contributed by atoms with van der Waals surface area (Å²) in [7, 11) is -1.92. The molecule has 1 fully saturated rings. The first kappa shape index (κ1) is 14.8. The molecule has 0 N–H and O–H groups in total. The minimum Gasteiger partial charge on any atom is -0.492 e. The lowest BCUT2D eigenvalue weighted by Crippen LogP contribution is -2.45.